The van der Waals surface area contributed by atoms with Crippen LogP contribution in [0.25, 0.3) is 0 Å². The van der Waals surface area contributed by atoms with Gasteiger partial charge in [0.05, 0.1) is 0 Å². The fourth-order valence-corrected chi connectivity index (χ4v) is 1.80. The van der Waals surface area contributed by atoms with Crippen LogP contribution in [-0.4, -0.2) is 24.3 Å². The smallest absolute Gasteiger partial charge is 0.319 e. The summed E-state index contributed by atoms with van der Waals surface area (Å²) in [6, 6.07) is 16.8. The predicted molar refractivity (Wildman–Crippen MR) is 87.6 cm³/mol. The summed E-state index contributed by atoms with van der Waals surface area (Å²) in [6.45, 7) is 0.501. The van der Waals surface area contributed by atoms with Crippen molar-refractivity contribution < 1.29 is 9.90 Å². The lowest BCUT2D eigenvalue weighted by molar-refractivity contribution is 0.249. The molecule has 0 aliphatic carbocycles. The van der Waals surface area contributed by atoms with Gasteiger partial charge in [-0.15, -0.1) is 0 Å². The van der Waals surface area contributed by atoms with E-state index in [1.165, 1.54) is 0 Å². The third-order valence-corrected chi connectivity index (χ3v) is 2.87. The summed E-state index contributed by atoms with van der Waals surface area (Å²) >= 11 is 0. The highest BCUT2D eigenvalue weighted by Gasteiger charge is 2.00. The van der Waals surface area contributed by atoms with Crippen molar-refractivity contribution in [3.63, 3.8) is 0 Å². The molecule has 0 heterocycles. The number of carbonyl (C=O) groups excluding carboxylic acids is 1. The minimum atomic E-state index is -0.290. The zero-order valence-electron chi connectivity index (χ0n) is 12.2. The van der Waals surface area contributed by atoms with Crippen molar-refractivity contribution in [3.8, 4) is 11.8 Å². The molecule has 2 amide bonds. The molecule has 0 radical (unpaired) electrons. The molecule has 112 valence electrons. The summed E-state index contributed by atoms with van der Waals surface area (Å²) in [6.07, 6.45) is 0.538. The molecule has 0 aliphatic rings. The first-order valence-electron chi connectivity index (χ1n) is 7.11. The Bertz CT molecular complexity index is 672. The number of rotatable bonds is 4. The van der Waals surface area contributed by atoms with Crippen LogP contribution in [0.15, 0.2) is 54.6 Å². The van der Waals surface area contributed by atoms with Gasteiger partial charge in [0.2, 0.25) is 0 Å². The van der Waals surface area contributed by atoms with Crippen LogP contribution < -0.4 is 10.6 Å². The largest absolute Gasteiger partial charge is 0.396 e. The van der Waals surface area contributed by atoms with Gasteiger partial charge in [-0.05, 0) is 36.8 Å². The molecule has 0 aliphatic heterocycles. The fourth-order valence-electron chi connectivity index (χ4n) is 1.80. The summed E-state index contributed by atoms with van der Waals surface area (Å²) < 4.78 is 0. The van der Waals surface area contributed by atoms with Gasteiger partial charge in [-0.2, -0.15) is 0 Å². The Kier molecular flexibility index (Phi) is 6.03. The van der Waals surface area contributed by atoms with E-state index < -0.39 is 0 Å². The number of carbonyl (C=O) groups is 1. The lowest BCUT2D eigenvalue weighted by Crippen LogP contribution is -2.29. The Balaban J connectivity index is 1.98. The van der Waals surface area contributed by atoms with Crippen LogP contribution in [0, 0.1) is 11.8 Å². The number of hydrogen-bond donors (Lipinski definition) is 3. The number of nitrogens with one attached hydrogen (secondary N) is 2. The van der Waals surface area contributed by atoms with Gasteiger partial charge in [-0.1, -0.05) is 36.1 Å². The molecule has 0 saturated carbocycles. The minimum Gasteiger partial charge on any atom is -0.396 e. The van der Waals surface area contributed by atoms with E-state index in [1.54, 1.807) is 6.07 Å². The molecule has 0 spiro atoms. The highest BCUT2D eigenvalue weighted by molar-refractivity contribution is 5.89. The van der Waals surface area contributed by atoms with Gasteiger partial charge in [0, 0.05) is 30.0 Å². The van der Waals surface area contributed by atoms with Gasteiger partial charge in [-0.25, -0.2) is 4.79 Å². The second-order valence-electron chi connectivity index (χ2n) is 4.65. The van der Waals surface area contributed by atoms with Gasteiger partial charge >= 0.3 is 6.03 Å². The van der Waals surface area contributed by atoms with E-state index >= 15 is 0 Å². The highest BCUT2D eigenvalue weighted by Crippen LogP contribution is 2.10. The van der Waals surface area contributed by atoms with Gasteiger partial charge in [0.25, 0.3) is 0 Å². The van der Waals surface area contributed by atoms with Crippen molar-refractivity contribution in [1.82, 2.24) is 5.32 Å². The maximum atomic E-state index is 11.6. The third kappa shape index (κ3) is 5.31. The van der Waals surface area contributed by atoms with Crippen LogP contribution in [0.5, 0.6) is 0 Å². The lowest BCUT2D eigenvalue weighted by Gasteiger charge is -2.07. The van der Waals surface area contributed by atoms with E-state index in [0.29, 0.717) is 18.7 Å². The first-order chi connectivity index (χ1) is 10.8. The second kappa shape index (κ2) is 8.50. The molecular formula is C18H18N2O2. The summed E-state index contributed by atoms with van der Waals surface area (Å²) in [7, 11) is 0. The number of amides is 2. The van der Waals surface area contributed by atoms with Crippen LogP contribution >= 0.6 is 0 Å². The van der Waals surface area contributed by atoms with Crippen molar-refractivity contribution in [2.75, 3.05) is 18.5 Å². The topological polar surface area (TPSA) is 61.4 Å². The molecule has 4 heteroatoms. The van der Waals surface area contributed by atoms with E-state index in [4.69, 9.17) is 5.11 Å². The van der Waals surface area contributed by atoms with E-state index in [-0.39, 0.29) is 12.6 Å². The Hall–Kier alpha value is -2.77. The maximum Gasteiger partial charge on any atom is 0.319 e. The van der Waals surface area contributed by atoms with Crippen molar-refractivity contribution in [1.29, 1.82) is 0 Å². The summed E-state index contributed by atoms with van der Waals surface area (Å²) in [5.74, 6) is 6.15. The quantitative estimate of drug-likeness (QED) is 0.599. The first kappa shape index (κ1) is 15.6. The Morgan fingerprint density at radius 3 is 2.50 bits per heavy atom. The maximum absolute atomic E-state index is 11.6. The third-order valence-electron chi connectivity index (χ3n) is 2.87. The molecule has 4 nitrogen and oxygen atoms in total. The average Bonchev–Trinajstić information content (AvgIpc) is 2.54. The summed E-state index contributed by atoms with van der Waals surface area (Å²) in [5, 5.41) is 14.1. The van der Waals surface area contributed by atoms with Crippen molar-refractivity contribution in [3.05, 3.63) is 65.7 Å². The standard InChI is InChI=1S/C18H18N2O2/c21-13-5-12-19-18(22)20-17-9-4-8-16(14-17)11-10-15-6-2-1-3-7-15/h1-4,6-9,14,21H,5,12-13H2,(H2,19,20,22). The summed E-state index contributed by atoms with van der Waals surface area (Å²) in [5.41, 5.74) is 2.46. The van der Waals surface area contributed by atoms with Gasteiger partial charge in [-0.3, -0.25) is 0 Å². The molecule has 0 bridgehead atoms. The number of aliphatic hydroxyl groups excluding tert-OH is 1. The number of urea groups is 1. The molecule has 2 rings (SSSR count). The molecule has 2 aromatic rings. The van der Waals surface area contributed by atoms with Crippen LogP contribution in [0.3, 0.4) is 0 Å². The molecule has 22 heavy (non-hydrogen) atoms. The number of anilines is 1. The number of hydrogen-bond acceptors (Lipinski definition) is 2. The molecule has 0 fully saturated rings. The summed E-state index contributed by atoms with van der Waals surface area (Å²) in [4.78, 5) is 11.6. The predicted octanol–water partition coefficient (Wildman–Crippen LogP) is 2.59. The molecule has 3 N–H and O–H groups in total. The van der Waals surface area contributed by atoms with E-state index in [9.17, 15) is 4.79 Å². The fraction of sp³-hybridized carbons (Fsp3) is 0.167. The molecular weight excluding hydrogens is 276 g/mol. The monoisotopic (exact) mass is 294 g/mol. The van der Waals surface area contributed by atoms with Crippen LogP contribution in [-0.2, 0) is 0 Å². The normalized spacial score (nSPS) is 9.50. The Labute approximate surface area is 130 Å². The molecule has 0 atom stereocenters. The van der Waals surface area contributed by atoms with Crippen molar-refractivity contribution in [2.45, 2.75) is 6.42 Å². The highest BCUT2D eigenvalue weighted by atomic mass is 16.3. The van der Waals surface area contributed by atoms with Crippen molar-refractivity contribution in [2.24, 2.45) is 0 Å². The Morgan fingerprint density at radius 1 is 1.00 bits per heavy atom. The zero-order chi connectivity index (χ0) is 15.6. The molecule has 0 aromatic heterocycles. The molecule has 0 unspecified atom stereocenters. The molecule has 0 saturated heterocycles. The van der Waals surface area contributed by atoms with Gasteiger partial charge in [0.15, 0.2) is 0 Å². The zero-order valence-corrected chi connectivity index (χ0v) is 12.2. The first-order valence-corrected chi connectivity index (χ1v) is 7.11. The van der Waals surface area contributed by atoms with E-state index in [1.807, 2.05) is 48.5 Å². The number of aliphatic hydroxyl groups is 1. The Morgan fingerprint density at radius 2 is 1.73 bits per heavy atom. The minimum absolute atomic E-state index is 0.0604. The van der Waals surface area contributed by atoms with Crippen LogP contribution in [0.2, 0.25) is 0 Å². The van der Waals surface area contributed by atoms with E-state index in [2.05, 4.69) is 22.5 Å². The second-order valence-corrected chi connectivity index (χ2v) is 4.65. The lowest BCUT2D eigenvalue weighted by atomic mass is 10.1. The SMILES string of the molecule is O=C(NCCCO)Nc1cccc(C#Cc2ccccc2)c1. The van der Waals surface area contributed by atoms with Crippen molar-refractivity contribution >= 4 is 11.7 Å². The number of benzene rings is 2. The van der Waals surface area contributed by atoms with E-state index in [0.717, 1.165) is 11.1 Å². The van der Waals surface area contributed by atoms with Gasteiger partial charge < -0.3 is 15.7 Å². The van der Waals surface area contributed by atoms with Gasteiger partial charge in [0.1, 0.15) is 0 Å². The average molecular weight is 294 g/mol. The van der Waals surface area contributed by atoms with Crippen LogP contribution in [0.4, 0.5) is 10.5 Å². The molecule has 2 aromatic carbocycles. The van der Waals surface area contributed by atoms with Crippen LogP contribution in [0.1, 0.15) is 17.5 Å².